The largest absolute Gasteiger partial charge is 0.497 e. The van der Waals surface area contributed by atoms with Gasteiger partial charge in [0.05, 0.1) is 13.7 Å². The summed E-state index contributed by atoms with van der Waals surface area (Å²) in [6.45, 7) is 1.75. The van der Waals surface area contributed by atoms with Gasteiger partial charge in [0.1, 0.15) is 5.75 Å². The first-order valence-electron chi connectivity index (χ1n) is 6.85. The summed E-state index contributed by atoms with van der Waals surface area (Å²) in [4.78, 5) is 11.6. The Morgan fingerprint density at radius 1 is 1.14 bits per heavy atom. The molecule has 2 rings (SSSR count). The van der Waals surface area contributed by atoms with E-state index in [4.69, 9.17) is 15.2 Å². The van der Waals surface area contributed by atoms with Gasteiger partial charge < -0.3 is 19.8 Å². The molecule has 0 bridgehead atoms. The first kappa shape index (κ1) is 15.1. The smallest absolute Gasteiger partial charge is 0.250 e. The van der Waals surface area contributed by atoms with Crippen LogP contribution in [0.2, 0.25) is 0 Å². The lowest BCUT2D eigenvalue weighted by Crippen LogP contribution is -2.19. The first-order chi connectivity index (χ1) is 10.2. The Bertz CT molecular complexity index is 620. The van der Waals surface area contributed by atoms with E-state index in [1.54, 1.807) is 23.9 Å². The minimum absolute atomic E-state index is 0.0423. The van der Waals surface area contributed by atoms with E-state index in [9.17, 15) is 4.79 Å². The molecule has 0 aliphatic carbocycles. The van der Waals surface area contributed by atoms with Crippen molar-refractivity contribution in [1.29, 1.82) is 0 Å². The monoisotopic (exact) mass is 288 g/mol. The van der Waals surface area contributed by atoms with Crippen LogP contribution in [-0.2, 0) is 17.9 Å². The molecule has 0 amide bonds. The lowest BCUT2D eigenvalue weighted by molar-refractivity contribution is 0.115. The number of methoxy groups -OCH3 is 1. The van der Waals surface area contributed by atoms with Gasteiger partial charge in [0.15, 0.2) is 0 Å². The van der Waals surface area contributed by atoms with Crippen LogP contribution >= 0.6 is 0 Å². The third-order valence-electron chi connectivity index (χ3n) is 3.12. The maximum atomic E-state index is 11.6. The number of nitrogens with two attached hydrogens (primary N) is 1. The van der Waals surface area contributed by atoms with Crippen molar-refractivity contribution in [3.8, 4) is 5.75 Å². The maximum Gasteiger partial charge on any atom is 0.250 e. The molecule has 0 unspecified atom stereocenters. The van der Waals surface area contributed by atoms with Crippen LogP contribution in [0.4, 0.5) is 5.69 Å². The summed E-state index contributed by atoms with van der Waals surface area (Å²) in [6, 6.07) is 10.9. The Kier molecular flexibility index (Phi) is 5.40. The third-order valence-corrected chi connectivity index (χ3v) is 3.12. The Morgan fingerprint density at radius 2 is 1.90 bits per heavy atom. The molecule has 1 heterocycles. The molecule has 0 spiro atoms. The summed E-state index contributed by atoms with van der Waals surface area (Å²) in [5.41, 5.74) is 7.30. The van der Waals surface area contributed by atoms with E-state index in [1.807, 2.05) is 24.3 Å². The van der Waals surface area contributed by atoms with Gasteiger partial charge in [0, 0.05) is 31.1 Å². The maximum absolute atomic E-state index is 11.6. The molecular formula is C16H20N2O3. The number of aromatic nitrogens is 1. The zero-order chi connectivity index (χ0) is 15.1. The zero-order valence-electron chi connectivity index (χ0n) is 12.1. The second-order valence-electron chi connectivity index (χ2n) is 4.75. The standard InChI is InChI=1S/C16H20N2O3/c1-20-15-6-3-13(4-7-15)12-21-10-2-9-18-11-14(17)5-8-16(18)19/h3-8,11H,2,9-10,12,17H2,1H3. The van der Waals surface area contributed by atoms with Crippen molar-refractivity contribution in [2.24, 2.45) is 0 Å². The number of benzene rings is 1. The lowest BCUT2D eigenvalue weighted by atomic mass is 10.2. The number of hydrogen-bond donors (Lipinski definition) is 1. The zero-order valence-corrected chi connectivity index (χ0v) is 12.1. The third kappa shape index (κ3) is 4.65. The molecule has 0 aliphatic heterocycles. The molecule has 1 aromatic heterocycles. The summed E-state index contributed by atoms with van der Waals surface area (Å²) in [5.74, 6) is 0.833. The first-order valence-corrected chi connectivity index (χ1v) is 6.85. The Labute approximate surface area is 123 Å². The van der Waals surface area contributed by atoms with E-state index in [2.05, 4.69) is 0 Å². The van der Waals surface area contributed by atoms with Crippen LogP contribution in [0.5, 0.6) is 5.75 Å². The van der Waals surface area contributed by atoms with E-state index in [0.29, 0.717) is 25.4 Å². The van der Waals surface area contributed by atoms with Crippen LogP contribution in [0.3, 0.4) is 0 Å². The van der Waals surface area contributed by atoms with Gasteiger partial charge in [-0.3, -0.25) is 4.79 Å². The fourth-order valence-corrected chi connectivity index (χ4v) is 1.97. The van der Waals surface area contributed by atoms with E-state index in [1.165, 1.54) is 6.07 Å². The van der Waals surface area contributed by atoms with E-state index >= 15 is 0 Å². The van der Waals surface area contributed by atoms with Crippen LogP contribution in [-0.4, -0.2) is 18.3 Å². The molecular weight excluding hydrogens is 268 g/mol. The number of hydrogen-bond acceptors (Lipinski definition) is 4. The molecule has 0 fully saturated rings. The van der Waals surface area contributed by atoms with Gasteiger partial charge in [-0.15, -0.1) is 0 Å². The Hall–Kier alpha value is -2.27. The average molecular weight is 288 g/mol. The van der Waals surface area contributed by atoms with E-state index in [0.717, 1.165) is 17.7 Å². The molecule has 0 radical (unpaired) electrons. The van der Waals surface area contributed by atoms with Crippen LogP contribution in [0, 0.1) is 0 Å². The number of aryl methyl sites for hydroxylation is 1. The second kappa shape index (κ2) is 7.50. The van der Waals surface area contributed by atoms with Crippen molar-refractivity contribution in [2.45, 2.75) is 19.6 Å². The van der Waals surface area contributed by atoms with Crippen molar-refractivity contribution in [3.63, 3.8) is 0 Å². The molecule has 0 aliphatic rings. The minimum atomic E-state index is -0.0423. The molecule has 0 saturated heterocycles. The molecule has 0 saturated carbocycles. The highest BCUT2D eigenvalue weighted by atomic mass is 16.5. The highest BCUT2D eigenvalue weighted by molar-refractivity contribution is 5.33. The molecule has 2 N–H and O–H groups in total. The van der Waals surface area contributed by atoms with Gasteiger partial charge in [0.25, 0.3) is 5.56 Å². The predicted molar refractivity (Wildman–Crippen MR) is 82.4 cm³/mol. The quantitative estimate of drug-likeness (QED) is 0.792. The van der Waals surface area contributed by atoms with Gasteiger partial charge in [0.2, 0.25) is 0 Å². The molecule has 112 valence electrons. The lowest BCUT2D eigenvalue weighted by Gasteiger charge is -2.08. The fourth-order valence-electron chi connectivity index (χ4n) is 1.97. The van der Waals surface area contributed by atoms with Crippen molar-refractivity contribution in [2.75, 3.05) is 19.5 Å². The average Bonchev–Trinajstić information content (AvgIpc) is 2.51. The number of pyridine rings is 1. The van der Waals surface area contributed by atoms with Crippen LogP contribution in [0.25, 0.3) is 0 Å². The van der Waals surface area contributed by atoms with E-state index in [-0.39, 0.29) is 5.56 Å². The fraction of sp³-hybridized carbons (Fsp3) is 0.312. The summed E-state index contributed by atoms with van der Waals surface area (Å²) in [6.07, 6.45) is 2.42. The van der Waals surface area contributed by atoms with Crippen LogP contribution < -0.4 is 16.0 Å². The van der Waals surface area contributed by atoms with Crippen molar-refractivity contribution in [1.82, 2.24) is 4.57 Å². The van der Waals surface area contributed by atoms with Gasteiger partial charge in [-0.05, 0) is 30.2 Å². The van der Waals surface area contributed by atoms with E-state index < -0.39 is 0 Å². The van der Waals surface area contributed by atoms with Crippen molar-refractivity contribution >= 4 is 5.69 Å². The van der Waals surface area contributed by atoms with Gasteiger partial charge in [-0.25, -0.2) is 0 Å². The Morgan fingerprint density at radius 3 is 2.62 bits per heavy atom. The molecule has 1 aromatic carbocycles. The predicted octanol–water partition coefficient (Wildman–Crippen LogP) is 2.05. The Balaban J connectivity index is 1.72. The highest BCUT2D eigenvalue weighted by Gasteiger charge is 1.98. The second-order valence-corrected chi connectivity index (χ2v) is 4.75. The molecule has 2 aromatic rings. The molecule has 0 atom stereocenters. The number of ether oxygens (including phenoxy) is 2. The topological polar surface area (TPSA) is 66.5 Å². The van der Waals surface area contributed by atoms with Gasteiger partial charge in [-0.2, -0.15) is 0 Å². The highest BCUT2D eigenvalue weighted by Crippen LogP contribution is 2.11. The molecule has 5 heteroatoms. The summed E-state index contributed by atoms with van der Waals surface area (Å²) < 4.78 is 12.3. The molecule has 5 nitrogen and oxygen atoms in total. The van der Waals surface area contributed by atoms with Gasteiger partial charge in [-0.1, -0.05) is 12.1 Å². The summed E-state index contributed by atoms with van der Waals surface area (Å²) >= 11 is 0. The van der Waals surface area contributed by atoms with Crippen molar-refractivity contribution in [3.05, 3.63) is 58.5 Å². The minimum Gasteiger partial charge on any atom is -0.497 e. The van der Waals surface area contributed by atoms with Gasteiger partial charge >= 0.3 is 0 Å². The SMILES string of the molecule is COc1ccc(COCCCn2cc(N)ccc2=O)cc1. The van der Waals surface area contributed by atoms with Crippen molar-refractivity contribution < 1.29 is 9.47 Å². The normalized spacial score (nSPS) is 10.5. The number of rotatable bonds is 7. The summed E-state index contributed by atoms with van der Waals surface area (Å²) in [5, 5.41) is 0. The number of nitrogens with zero attached hydrogens (tertiary/aromatic N) is 1. The number of anilines is 1. The number of nitrogen functional groups attached to an aromatic ring is 1. The van der Waals surface area contributed by atoms with Crippen LogP contribution in [0.1, 0.15) is 12.0 Å². The van der Waals surface area contributed by atoms with Crippen LogP contribution in [0.15, 0.2) is 47.4 Å². The summed E-state index contributed by atoms with van der Waals surface area (Å²) in [7, 11) is 1.64. The molecule has 21 heavy (non-hydrogen) atoms.